The topological polar surface area (TPSA) is 84.9 Å². The van der Waals surface area contributed by atoms with Crippen LogP contribution in [0.25, 0.3) is 0 Å². The van der Waals surface area contributed by atoms with Crippen LogP contribution in [0.3, 0.4) is 0 Å². The van der Waals surface area contributed by atoms with Crippen LogP contribution in [0, 0.1) is 0 Å². The van der Waals surface area contributed by atoms with Crippen molar-refractivity contribution in [2.75, 3.05) is 17.4 Å². The van der Waals surface area contributed by atoms with Crippen molar-refractivity contribution >= 4 is 21.6 Å². The number of ether oxygens (including phenoxy) is 2. The van der Waals surface area contributed by atoms with Gasteiger partial charge in [0.1, 0.15) is 6.04 Å². The molecule has 8 heteroatoms. The van der Waals surface area contributed by atoms with E-state index in [1.165, 1.54) is 4.31 Å². The number of benzene rings is 2. The minimum atomic E-state index is -3.63. The van der Waals surface area contributed by atoms with Gasteiger partial charge in [-0.15, -0.1) is 0 Å². The summed E-state index contributed by atoms with van der Waals surface area (Å²) in [6, 6.07) is 13.2. The molecule has 0 radical (unpaired) electrons. The zero-order valence-corrected chi connectivity index (χ0v) is 16.0. The molecule has 144 valence electrons. The Morgan fingerprint density at radius 3 is 2.52 bits per heavy atom. The number of hydrogen-bond acceptors (Lipinski definition) is 5. The summed E-state index contributed by atoms with van der Waals surface area (Å²) in [5.74, 6) is 0.948. The van der Waals surface area contributed by atoms with Crippen LogP contribution in [-0.4, -0.2) is 33.4 Å². The SMILES string of the molecule is CC[C@H](C(=O)NCc1ccc2c(c1)OCO2)N(c1ccccc1)S(C)(=O)=O. The second-order valence-corrected chi connectivity index (χ2v) is 8.08. The minimum absolute atomic E-state index is 0.184. The van der Waals surface area contributed by atoms with Crippen molar-refractivity contribution in [1.29, 1.82) is 0 Å². The van der Waals surface area contributed by atoms with Gasteiger partial charge in [0.05, 0.1) is 11.9 Å². The van der Waals surface area contributed by atoms with Gasteiger partial charge in [-0.1, -0.05) is 31.2 Å². The van der Waals surface area contributed by atoms with E-state index in [1.807, 2.05) is 6.07 Å². The predicted molar refractivity (Wildman–Crippen MR) is 102 cm³/mol. The van der Waals surface area contributed by atoms with Crippen LogP contribution in [0.2, 0.25) is 0 Å². The molecular formula is C19H22N2O5S. The van der Waals surface area contributed by atoms with E-state index >= 15 is 0 Å². The first kappa shape index (κ1) is 19.0. The van der Waals surface area contributed by atoms with Gasteiger partial charge in [0.15, 0.2) is 11.5 Å². The maximum absolute atomic E-state index is 12.8. The number of amides is 1. The Kier molecular flexibility index (Phi) is 5.55. The molecule has 27 heavy (non-hydrogen) atoms. The van der Waals surface area contributed by atoms with Crippen molar-refractivity contribution in [1.82, 2.24) is 5.32 Å². The molecular weight excluding hydrogens is 368 g/mol. The van der Waals surface area contributed by atoms with Crippen LogP contribution in [0.15, 0.2) is 48.5 Å². The number of fused-ring (bicyclic) bond motifs is 1. The minimum Gasteiger partial charge on any atom is -0.454 e. The van der Waals surface area contributed by atoms with Crippen LogP contribution >= 0.6 is 0 Å². The summed E-state index contributed by atoms with van der Waals surface area (Å²) in [5.41, 5.74) is 1.30. The molecule has 0 aliphatic carbocycles. The molecule has 1 N–H and O–H groups in total. The Morgan fingerprint density at radius 1 is 1.15 bits per heavy atom. The number of carbonyl (C=O) groups is 1. The molecule has 1 aliphatic rings. The zero-order chi connectivity index (χ0) is 19.4. The van der Waals surface area contributed by atoms with Crippen molar-refractivity contribution in [2.24, 2.45) is 0 Å². The van der Waals surface area contributed by atoms with Gasteiger partial charge in [-0.05, 0) is 36.2 Å². The Morgan fingerprint density at radius 2 is 1.85 bits per heavy atom. The lowest BCUT2D eigenvalue weighted by Crippen LogP contribution is -2.49. The number of hydrogen-bond donors (Lipinski definition) is 1. The van der Waals surface area contributed by atoms with Gasteiger partial charge in [0.25, 0.3) is 0 Å². The number of carbonyl (C=O) groups excluding carboxylic acids is 1. The maximum Gasteiger partial charge on any atom is 0.244 e. The van der Waals surface area contributed by atoms with E-state index in [0.717, 1.165) is 11.8 Å². The third-order valence-corrected chi connectivity index (χ3v) is 5.42. The molecule has 0 bridgehead atoms. The van der Waals surface area contributed by atoms with Crippen molar-refractivity contribution in [3.8, 4) is 11.5 Å². The molecule has 7 nitrogen and oxygen atoms in total. The van der Waals surface area contributed by atoms with E-state index < -0.39 is 16.1 Å². The molecule has 2 aromatic rings. The molecule has 0 spiro atoms. The predicted octanol–water partition coefficient (Wildman–Crippen LogP) is 2.28. The molecule has 0 fully saturated rings. The molecule has 0 saturated heterocycles. The molecule has 1 heterocycles. The lowest BCUT2D eigenvalue weighted by molar-refractivity contribution is -0.122. The average Bonchev–Trinajstić information content (AvgIpc) is 3.11. The number of para-hydroxylation sites is 1. The van der Waals surface area contributed by atoms with E-state index in [4.69, 9.17) is 9.47 Å². The number of nitrogens with zero attached hydrogens (tertiary/aromatic N) is 1. The van der Waals surface area contributed by atoms with E-state index in [0.29, 0.717) is 23.6 Å². The highest BCUT2D eigenvalue weighted by Gasteiger charge is 2.31. The maximum atomic E-state index is 12.8. The molecule has 1 amide bonds. The highest BCUT2D eigenvalue weighted by molar-refractivity contribution is 7.92. The van der Waals surface area contributed by atoms with Crippen LogP contribution < -0.4 is 19.1 Å². The highest BCUT2D eigenvalue weighted by atomic mass is 32.2. The smallest absolute Gasteiger partial charge is 0.244 e. The van der Waals surface area contributed by atoms with Crippen LogP contribution in [0.5, 0.6) is 11.5 Å². The molecule has 0 saturated carbocycles. The number of nitrogens with one attached hydrogen (secondary N) is 1. The van der Waals surface area contributed by atoms with Gasteiger partial charge < -0.3 is 14.8 Å². The van der Waals surface area contributed by atoms with Gasteiger partial charge in [0.2, 0.25) is 22.7 Å². The summed E-state index contributed by atoms with van der Waals surface area (Å²) in [4.78, 5) is 12.8. The highest BCUT2D eigenvalue weighted by Crippen LogP contribution is 2.32. The number of sulfonamides is 1. The van der Waals surface area contributed by atoms with Crippen molar-refractivity contribution in [3.63, 3.8) is 0 Å². The normalized spacial score (nSPS) is 13.9. The third kappa shape index (κ3) is 4.33. The fraction of sp³-hybridized carbons (Fsp3) is 0.316. The molecule has 1 atom stereocenters. The molecule has 3 rings (SSSR count). The van der Waals surface area contributed by atoms with Gasteiger partial charge in [0, 0.05) is 6.54 Å². The second kappa shape index (κ2) is 7.87. The Bertz CT molecular complexity index is 915. The standard InChI is InChI=1S/C19H22N2O5S/c1-3-16(21(27(2,23)24)15-7-5-4-6-8-15)19(22)20-12-14-9-10-17-18(11-14)26-13-25-17/h4-11,16H,3,12-13H2,1-2H3,(H,20,22)/t16-/m1/s1. The van der Waals surface area contributed by atoms with E-state index in [-0.39, 0.29) is 19.2 Å². The van der Waals surface area contributed by atoms with Gasteiger partial charge in [-0.25, -0.2) is 8.42 Å². The summed E-state index contributed by atoms with van der Waals surface area (Å²) in [6.45, 7) is 2.23. The first-order valence-corrected chi connectivity index (χ1v) is 10.5. The van der Waals surface area contributed by atoms with Crippen molar-refractivity contribution in [2.45, 2.75) is 25.9 Å². The van der Waals surface area contributed by atoms with Crippen LogP contribution in [-0.2, 0) is 21.4 Å². The summed E-state index contributed by atoms with van der Waals surface area (Å²) < 4.78 is 36.5. The fourth-order valence-corrected chi connectivity index (χ4v) is 4.20. The molecule has 0 unspecified atom stereocenters. The lowest BCUT2D eigenvalue weighted by atomic mass is 10.1. The zero-order valence-electron chi connectivity index (χ0n) is 15.2. The Balaban J connectivity index is 1.76. The number of rotatable bonds is 7. The largest absolute Gasteiger partial charge is 0.454 e. The third-order valence-electron chi connectivity index (χ3n) is 4.24. The summed E-state index contributed by atoms with van der Waals surface area (Å²) in [5, 5.41) is 2.82. The quantitative estimate of drug-likeness (QED) is 0.784. The van der Waals surface area contributed by atoms with Gasteiger partial charge in [-0.3, -0.25) is 9.10 Å². The summed E-state index contributed by atoms with van der Waals surface area (Å²) >= 11 is 0. The van der Waals surface area contributed by atoms with Crippen LogP contribution in [0.4, 0.5) is 5.69 Å². The second-order valence-electron chi connectivity index (χ2n) is 6.22. The summed E-state index contributed by atoms with van der Waals surface area (Å²) in [6.07, 6.45) is 1.45. The van der Waals surface area contributed by atoms with E-state index in [9.17, 15) is 13.2 Å². The molecule has 1 aliphatic heterocycles. The Hall–Kier alpha value is -2.74. The first-order valence-electron chi connectivity index (χ1n) is 8.61. The van der Waals surface area contributed by atoms with E-state index in [2.05, 4.69) is 5.32 Å². The fourth-order valence-electron chi connectivity index (χ4n) is 2.99. The van der Waals surface area contributed by atoms with Gasteiger partial charge >= 0.3 is 0 Å². The average molecular weight is 390 g/mol. The summed E-state index contributed by atoms with van der Waals surface area (Å²) in [7, 11) is -3.63. The van der Waals surface area contributed by atoms with Crippen LogP contribution in [0.1, 0.15) is 18.9 Å². The Labute approximate surface area is 158 Å². The van der Waals surface area contributed by atoms with Gasteiger partial charge in [-0.2, -0.15) is 0 Å². The van der Waals surface area contributed by atoms with E-state index in [1.54, 1.807) is 49.4 Å². The monoisotopic (exact) mass is 390 g/mol. The lowest BCUT2D eigenvalue weighted by Gasteiger charge is -2.30. The molecule has 2 aromatic carbocycles. The molecule has 0 aromatic heterocycles. The van der Waals surface area contributed by atoms with Crippen molar-refractivity contribution < 1.29 is 22.7 Å². The van der Waals surface area contributed by atoms with Crippen molar-refractivity contribution in [3.05, 3.63) is 54.1 Å². The first-order chi connectivity index (χ1) is 12.9. The number of anilines is 1.